The summed E-state index contributed by atoms with van der Waals surface area (Å²) in [6, 6.07) is 19.0. The van der Waals surface area contributed by atoms with Gasteiger partial charge in [-0.3, -0.25) is 4.79 Å². The van der Waals surface area contributed by atoms with Crippen LogP contribution in [0.3, 0.4) is 0 Å². The van der Waals surface area contributed by atoms with E-state index in [-0.39, 0.29) is 0 Å². The van der Waals surface area contributed by atoms with Crippen molar-refractivity contribution in [2.75, 3.05) is 13.7 Å². The van der Waals surface area contributed by atoms with Crippen LogP contribution in [0.5, 0.6) is 11.5 Å². The zero-order valence-corrected chi connectivity index (χ0v) is 16.8. The second kappa shape index (κ2) is 8.21. The van der Waals surface area contributed by atoms with Gasteiger partial charge in [-0.05, 0) is 54.4 Å². The van der Waals surface area contributed by atoms with E-state index in [9.17, 15) is 4.79 Å². The van der Waals surface area contributed by atoms with E-state index in [1.807, 2.05) is 49.4 Å². The molecule has 30 heavy (non-hydrogen) atoms. The number of ether oxygens (including phenoxy) is 2. The van der Waals surface area contributed by atoms with Crippen LogP contribution in [-0.2, 0) is 0 Å². The molecule has 3 aromatic carbocycles. The van der Waals surface area contributed by atoms with Crippen molar-refractivity contribution in [3.8, 4) is 33.9 Å². The van der Waals surface area contributed by atoms with Gasteiger partial charge < -0.3 is 15.2 Å². The van der Waals surface area contributed by atoms with E-state index < -0.39 is 5.91 Å². The van der Waals surface area contributed by atoms with Gasteiger partial charge in [-0.15, -0.1) is 0 Å². The number of carbonyl (C=O) groups excluding carboxylic acids is 1. The Morgan fingerprint density at radius 2 is 1.60 bits per heavy atom. The first kappa shape index (κ1) is 19.4. The van der Waals surface area contributed by atoms with E-state index in [0.29, 0.717) is 23.7 Å². The van der Waals surface area contributed by atoms with Crippen LogP contribution in [0.1, 0.15) is 17.3 Å². The van der Waals surface area contributed by atoms with Crippen LogP contribution in [0.2, 0.25) is 0 Å². The molecule has 1 amide bonds. The minimum Gasteiger partial charge on any atom is -0.493 e. The van der Waals surface area contributed by atoms with E-state index in [1.165, 1.54) is 0 Å². The molecular formula is C24H21N3O3. The fourth-order valence-electron chi connectivity index (χ4n) is 3.38. The highest BCUT2D eigenvalue weighted by Gasteiger charge is 2.11. The van der Waals surface area contributed by atoms with Gasteiger partial charge in [-0.1, -0.05) is 24.3 Å². The molecule has 1 heterocycles. The molecule has 0 aliphatic carbocycles. The van der Waals surface area contributed by atoms with Gasteiger partial charge in [0.15, 0.2) is 11.5 Å². The highest BCUT2D eigenvalue weighted by Crippen LogP contribution is 2.35. The van der Waals surface area contributed by atoms with Gasteiger partial charge in [0.2, 0.25) is 5.91 Å². The zero-order valence-electron chi connectivity index (χ0n) is 16.8. The van der Waals surface area contributed by atoms with E-state index in [1.54, 1.807) is 25.6 Å². The number of benzene rings is 3. The molecule has 0 atom stereocenters. The van der Waals surface area contributed by atoms with Gasteiger partial charge in [-0.2, -0.15) is 0 Å². The Bertz CT molecular complexity index is 1220. The molecule has 0 aliphatic rings. The van der Waals surface area contributed by atoms with Crippen molar-refractivity contribution in [1.82, 2.24) is 9.97 Å². The molecule has 0 radical (unpaired) electrons. The normalized spacial score (nSPS) is 10.7. The summed E-state index contributed by atoms with van der Waals surface area (Å²) in [5.41, 5.74) is 10.3. The van der Waals surface area contributed by atoms with E-state index >= 15 is 0 Å². The Morgan fingerprint density at radius 1 is 0.900 bits per heavy atom. The highest BCUT2D eigenvalue weighted by molar-refractivity contribution is 5.96. The van der Waals surface area contributed by atoms with Crippen LogP contribution >= 0.6 is 0 Å². The van der Waals surface area contributed by atoms with Crippen LogP contribution in [0.4, 0.5) is 0 Å². The number of rotatable bonds is 6. The SMILES string of the molecule is CCOc1ccc(-c2ccc3ncnc(-c4ccc(C(N)=O)cc4)c3c2)cc1OC. The summed E-state index contributed by atoms with van der Waals surface area (Å²) < 4.78 is 11.1. The monoisotopic (exact) mass is 399 g/mol. The molecule has 0 aliphatic heterocycles. The number of hydrogen-bond donors (Lipinski definition) is 1. The number of carbonyl (C=O) groups is 1. The minimum absolute atomic E-state index is 0.458. The number of methoxy groups -OCH3 is 1. The number of hydrogen-bond acceptors (Lipinski definition) is 5. The lowest BCUT2D eigenvalue weighted by Gasteiger charge is -2.12. The molecule has 4 rings (SSSR count). The average molecular weight is 399 g/mol. The fraction of sp³-hybridized carbons (Fsp3) is 0.125. The van der Waals surface area contributed by atoms with Crippen LogP contribution in [0.15, 0.2) is 67.0 Å². The number of amides is 1. The molecule has 0 saturated carbocycles. The standard InChI is InChI=1S/C24H21N3O3/c1-3-30-21-11-9-18(13-22(21)29-2)17-8-10-20-19(12-17)23(27-14-26-20)15-4-6-16(7-5-15)24(25)28/h4-14H,3H2,1-2H3,(H2,25,28). The lowest BCUT2D eigenvalue weighted by Crippen LogP contribution is -2.10. The summed E-state index contributed by atoms with van der Waals surface area (Å²) in [4.78, 5) is 20.2. The van der Waals surface area contributed by atoms with Gasteiger partial charge in [0.05, 0.1) is 24.9 Å². The number of primary amides is 1. The second-order valence-corrected chi connectivity index (χ2v) is 6.69. The van der Waals surface area contributed by atoms with Gasteiger partial charge in [0.25, 0.3) is 0 Å². The molecule has 6 nitrogen and oxygen atoms in total. The third-order valence-corrected chi connectivity index (χ3v) is 4.87. The summed E-state index contributed by atoms with van der Waals surface area (Å²) in [6.45, 7) is 2.51. The van der Waals surface area contributed by atoms with Gasteiger partial charge in [-0.25, -0.2) is 9.97 Å². The predicted molar refractivity (Wildman–Crippen MR) is 117 cm³/mol. The maximum absolute atomic E-state index is 11.4. The van der Waals surface area contributed by atoms with Crippen molar-refractivity contribution in [2.24, 2.45) is 5.73 Å². The second-order valence-electron chi connectivity index (χ2n) is 6.69. The third kappa shape index (κ3) is 3.67. The summed E-state index contributed by atoms with van der Waals surface area (Å²) in [5, 5.41) is 0.912. The fourth-order valence-corrected chi connectivity index (χ4v) is 3.38. The quantitative estimate of drug-likeness (QED) is 0.517. The average Bonchev–Trinajstić information content (AvgIpc) is 2.79. The van der Waals surface area contributed by atoms with Crippen molar-refractivity contribution in [1.29, 1.82) is 0 Å². The van der Waals surface area contributed by atoms with Gasteiger partial charge in [0.1, 0.15) is 6.33 Å². The Hall–Kier alpha value is -3.93. The van der Waals surface area contributed by atoms with Crippen LogP contribution < -0.4 is 15.2 Å². The Labute approximate surface area is 174 Å². The first-order valence-electron chi connectivity index (χ1n) is 9.57. The van der Waals surface area contributed by atoms with Crippen LogP contribution in [0, 0.1) is 0 Å². The molecule has 1 aromatic heterocycles. The van der Waals surface area contributed by atoms with Crippen molar-refractivity contribution >= 4 is 16.8 Å². The van der Waals surface area contributed by atoms with Gasteiger partial charge >= 0.3 is 0 Å². The number of nitrogens with two attached hydrogens (primary N) is 1. The molecule has 6 heteroatoms. The first-order valence-corrected chi connectivity index (χ1v) is 9.57. The summed E-state index contributed by atoms with van der Waals surface area (Å²) in [5.74, 6) is 0.935. The van der Waals surface area contributed by atoms with Gasteiger partial charge in [0, 0.05) is 16.5 Å². The molecule has 0 fully saturated rings. The van der Waals surface area contributed by atoms with E-state index in [0.717, 1.165) is 33.3 Å². The Kier molecular flexibility index (Phi) is 5.30. The van der Waals surface area contributed by atoms with Crippen LogP contribution in [0.25, 0.3) is 33.3 Å². The van der Waals surface area contributed by atoms with Crippen molar-refractivity contribution < 1.29 is 14.3 Å². The maximum Gasteiger partial charge on any atom is 0.248 e. The van der Waals surface area contributed by atoms with Crippen molar-refractivity contribution in [3.63, 3.8) is 0 Å². The molecule has 0 saturated heterocycles. The number of fused-ring (bicyclic) bond motifs is 1. The molecule has 0 spiro atoms. The third-order valence-electron chi connectivity index (χ3n) is 4.87. The number of nitrogens with zero attached hydrogens (tertiary/aromatic N) is 2. The largest absolute Gasteiger partial charge is 0.493 e. The first-order chi connectivity index (χ1) is 14.6. The zero-order chi connectivity index (χ0) is 21.1. The predicted octanol–water partition coefficient (Wildman–Crippen LogP) is 4.47. The van der Waals surface area contributed by atoms with Crippen molar-refractivity contribution in [2.45, 2.75) is 6.92 Å². The topological polar surface area (TPSA) is 87.3 Å². The highest BCUT2D eigenvalue weighted by atomic mass is 16.5. The molecule has 4 aromatic rings. The Morgan fingerprint density at radius 3 is 2.30 bits per heavy atom. The lowest BCUT2D eigenvalue weighted by molar-refractivity contribution is 0.100. The summed E-state index contributed by atoms with van der Waals surface area (Å²) >= 11 is 0. The van der Waals surface area contributed by atoms with E-state index in [4.69, 9.17) is 15.2 Å². The minimum atomic E-state index is -0.458. The maximum atomic E-state index is 11.4. The molecule has 2 N–H and O–H groups in total. The van der Waals surface area contributed by atoms with Crippen molar-refractivity contribution in [3.05, 3.63) is 72.6 Å². The lowest BCUT2D eigenvalue weighted by atomic mass is 9.99. The smallest absolute Gasteiger partial charge is 0.248 e. The Balaban J connectivity index is 1.81. The summed E-state index contributed by atoms with van der Waals surface area (Å²) in [7, 11) is 1.63. The number of aromatic nitrogens is 2. The molecule has 0 unspecified atom stereocenters. The molecule has 150 valence electrons. The van der Waals surface area contributed by atoms with E-state index in [2.05, 4.69) is 16.0 Å². The summed E-state index contributed by atoms with van der Waals surface area (Å²) in [6.07, 6.45) is 1.54. The molecular weight excluding hydrogens is 378 g/mol. The molecule has 0 bridgehead atoms. The van der Waals surface area contributed by atoms with Crippen LogP contribution in [-0.4, -0.2) is 29.6 Å².